The molecule has 0 spiro atoms. The van der Waals surface area contributed by atoms with Crippen molar-refractivity contribution in [1.29, 1.82) is 0 Å². The first-order valence-corrected chi connectivity index (χ1v) is 11.1. The van der Waals surface area contributed by atoms with Crippen LogP contribution >= 0.6 is 0 Å². The van der Waals surface area contributed by atoms with Gasteiger partial charge >= 0.3 is 5.69 Å². The summed E-state index contributed by atoms with van der Waals surface area (Å²) in [7, 11) is 0. The maximum atomic E-state index is 13.7. The Kier molecular flexibility index (Phi) is 5.24. The van der Waals surface area contributed by atoms with Crippen LogP contribution in [0.1, 0.15) is 28.1 Å². The number of hydrogen-bond acceptors (Lipinski definition) is 5. The summed E-state index contributed by atoms with van der Waals surface area (Å²) in [6, 6.07) is 18.7. The minimum atomic E-state index is -0.455. The maximum Gasteiger partial charge on any atom is 0.336 e. The first kappa shape index (κ1) is 21.6. The van der Waals surface area contributed by atoms with Gasteiger partial charge in [0.15, 0.2) is 0 Å². The van der Waals surface area contributed by atoms with Crippen molar-refractivity contribution in [2.24, 2.45) is 0 Å². The van der Waals surface area contributed by atoms with E-state index < -0.39 is 5.69 Å². The first-order valence-electron chi connectivity index (χ1n) is 11.1. The predicted molar refractivity (Wildman–Crippen MR) is 132 cm³/mol. The van der Waals surface area contributed by atoms with Crippen molar-refractivity contribution >= 4 is 10.9 Å². The van der Waals surface area contributed by atoms with E-state index in [0.717, 1.165) is 22.3 Å². The normalized spacial score (nSPS) is 11.3. The lowest BCUT2D eigenvalue weighted by molar-refractivity contribution is 0.370. The summed E-state index contributed by atoms with van der Waals surface area (Å²) in [5, 5.41) is 4.56. The number of fused-ring (bicyclic) bond motifs is 1. The van der Waals surface area contributed by atoms with E-state index in [-0.39, 0.29) is 18.0 Å². The van der Waals surface area contributed by atoms with Gasteiger partial charge in [0.1, 0.15) is 6.54 Å². The third kappa shape index (κ3) is 3.65. The molecule has 0 aliphatic rings. The van der Waals surface area contributed by atoms with Crippen LogP contribution in [0.25, 0.3) is 28.0 Å². The van der Waals surface area contributed by atoms with Crippen LogP contribution in [-0.2, 0) is 6.54 Å². The summed E-state index contributed by atoms with van der Waals surface area (Å²) in [6.07, 6.45) is 0. The van der Waals surface area contributed by atoms with Crippen molar-refractivity contribution in [3.8, 4) is 17.1 Å². The average molecular weight is 453 g/mol. The molecule has 34 heavy (non-hydrogen) atoms. The molecule has 5 aromatic rings. The molecule has 0 aliphatic heterocycles. The average Bonchev–Trinajstić information content (AvgIpc) is 3.29. The highest BCUT2D eigenvalue weighted by molar-refractivity contribution is 5.78. The number of rotatable bonds is 4. The topological polar surface area (TPSA) is 82.9 Å². The van der Waals surface area contributed by atoms with Gasteiger partial charge < -0.3 is 4.52 Å². The highest BCUT2D eigenvalue weighted by Gasteiger charge is 2.18. The highest BCUT2D eigenvalue weighted by atomic mass is 16.5. The van der Waals surface area contributed by atoms with Crippen LogP contribution in [0.4, 0.5) is 0 Å². The maximum absolute atomic E-state index is 13.7. The zero-order valence-corrected chi connectivity index (χ0v) is 19.5. The standard InChI is InChI=1S/C27H24N4O3/c1-16-9-10-18(3)23(13-16)31-26(32)21-7-5-6-8-22(21)30(27(31)33)15-24-28-25(29-34-24)20-12-11-17(2)19(4)14-20/h5-14H,15H2,1-4H3. The third-order valence-electron chi connectivity index (χ3n) is 6.18. The second-order valence-electron chi connectivity index (χ2n) is 8.63. The van der Waals surface area contributed by atoms with Gasteiger partial charge in [0.2, 0.25) is 11.7 Å². The van der Waals surface area contributed by atoms with Gasteiger partial charge in [-0.2, -0.15) is 4.98 Å². The molecule has 0 amide bonds. The van der Waals surface area contributed by atoms with Crippen LogP contribution in [0.15, 0.2) is 74.8 Å². The summed E-state index contributed by atoms with van der Waals surface area (Å²) >= 11 is 0. The Morgan fingerprint density at radius 3 is 2.41 bits per heavy atom. The lowest BCUT2D eigenvalue weighted by Gasteiger charge is -2.14. The Hall–Kier alpha value is -4.26. The summed E-state index contributed by atoms with van der Waals surface area (Å²) in [5.74, 6) is 0.741. The highest BCUT2D eigenvalue weighted by Crippen LogP contribution is 2.20. The fraction of sp³-hybridized carbons (Fsp3) is 0.185. The van der Waals surface area contributed by atoms with E-state index in [1.165, 1.54) is 14.7 Å². The smallest absolute Gasteiger partial charge is 0.336 e. The van der Waals surface area contributed by atoms with Gasteiger partial charge in [0.25, 0.3) is 5.56 Å². The second-order valence-corrected chi connectivity index (χ2v) is 8.63. The van der Waals surface area contributed by atoms with Crippen molar-refractivity contribution < 1.29 is 4.52 Å². The summed E-state index contributed by atoms with van der Waals surface area (Å²) in [6.45, 7) is 7.93. The zero-order chi connectivity index (χ0) is 24.0. The number of hydrogen-bond donors (Lipinski definition) is 0. The number of nitrogens with zero attached hydrogens (tertiary/aromatic N) is 4. The minimum absolute atomic E-state index is 0.0440. The van der Waals surface area contributed by atoms with Crippen molar-refractivity contribution in [3.63, 3.8) is 0 Å². The molecule has 2 heterocycles. The number of benzene rings is 3. The summed E-state index contributed by atoms with van der Waals surface area (Å²) in [5.41, 5.74) is 5.22. The minimum Gasteiger partial charge on any atom is -0.337 e. The first-order chi connectivity index (χ1) is 16.3. The predicted octanol–water partition coefficient (Wildman–Crippen LogP) is 4.48. The van der Waals surface area contributed by atoms with Crippen molar-refractivity contribution in [3.05, 3.63) is 110 Å². The Labute approximate surface area is 195 Å². The fourth-order valence-corrected chi connectivity index (χ4v) is 4.10. The van der Waals surface area contributed by atoms with Crippen LogP contribution < -0.4 is 11.2 Å². The van der Waals surface area contributed by atoms with E-state index in [1.54, 1.807) is 24.3 Å². The Morgan fingerprint density at radius 2 is 1.62 bits per heavy atom. The molecule has 0 fully saturated rings. The molecule has 7 nitrogen and oxygen atoms in total. The van der Waals surface area contributed by atoms with Gasteiger partial charge in [-0.05, 0) is 74.2 Å². The zero-order valence-electron chi connectivity index (χ0n) is 19.5. The Balaban J connectivity index is 1.67. The Morgan fingerprint density at radius 1 is 0.853 bits per heavy atom. The summed E-state index contributed by atoms with van der Waals surface area (Å²) in [4.78, 5) is 31.6. The monoisotopic (exact) mass is 452 g/mol. The molecule has 0 aliphatic carbocycles. The van der Waals surface area contributed by atoms with E-state index >= 15 is 0 Å². The van der Waals surface area contributed by atoms with Crippen LogP contribution in [0.3, 0.4) is 0 Å². The second kappa shape index (κ2) is 8.26. The number of aryl methyl sites for hydroxylation is 4. The number of aromatic nitrogens is 4. The van der Waals surface area contributed by atoms with E-state index in [4.69, 9.17) is 4.52 Å². The molecule has 170 valence electrons. The van der Waals surface area contributed by atoms with Gasteiger partial charge in [-0.3, -0.25) is 9.36 Å². The molecule has 0 N–H and O–H groups in total. The molecule has 0 saturated carbocycles. The van der Waals surface area contributed by atoms with Crippen LogP contribution in [0.5, 0.6) is 0 Å². The number of para-hydroxylation sites is 1. The molecule has 7 heteroatoms. The van der Waals surface area contributed by atoms with Crippen molar-refractivity contribution in [2.75, 3.05) is 0 Å². The Bertz CT molecular complexity index is 1670. The third-order valence-corrected chi connectivity index (χ3v) is 6.18. The molecule has 5 rings (SSSR count). The lowest BCUT2D eigenvalue weighted by atomic mass is 10.1. The van der Waals surface area contributed by atoms with Crippen molar-refractivity contribution in [1.82, 2.24) is 19.3 Å². The van der Waals surface area contributed by atoms with Gasteiger partial charge in [0, 0.05) is 5.56 Å². The van der Waals surface area contributed by atoms with Crippen LogP contribution in [0, 0.1) is 27.7 Å². The molecule has 0 atom stereocenters. The van der Waals surface area contributed by atoms with Crippen LogP contribution in [0.2, 0.25) is 0 Å². The molecule has 0 saturated heterocycles. The lowest BCUT2D eigenvalue weighted by Crippen LogP contribution is -2.39. The molecular formula is C27H24N4O3. The largest absolute Gasteiger partial charge is 0.337 e. The van der Waals surface area contributed by atoms with Gasteiger partial charge in [-0.15, -0.1) is 0 Å². The SMILES string of the molecule is Cc1ccc(C)c(-n2c(=O)c3ccccc3n(Cc3nc(-c4ccc(C)c(C)c4)no3)c2=O)c1. The molecular weight excluding hydrogens is 428 g/mol. The fourth-order valence-electron chi connectivity index (χ4n) is 4.10. The van der Waals surface area contributed by atoms with E-state index in [0.29, 0.717) is 22.4 Å². The quantitative estimate of drug-likeness (QED) is 0.401. The van der Waals surface area contributed by atoms with Gasteiger partial charge in [-0.25, -0.2) is 9.36 Å². The molecule has 0 bridgehead atoms. The molecule has 3 aromatic carbocycles. The van der Waals surface area contributed by atoms with E-state index in [1.807, 2.05) is 64.1 Å². The van der Waals surface area contributed by atoms with Gasteiger partial charge in [-0.1, -0.05) is 41.6 Å². The van der Waals surface area contributed by atoms with Crippen LogP contribution in [-0.4, -0.2) is 19.3 Å². The molecule has 0 radical (unpaired) electrons. The molecule has 2 aromatic heterocycles. The van der Waals surface area contributed by atoms with E-state index in [9.17, 15) is 9.59 Å². The molecule has 0 unspecified atom stereocenters. The van der Waals surface area contributed by atoms with Gasteiger partial charge in [0.05, 0.1) is 16.6 Å². The van der Waals surface area contributed by atoms with Crippen molar-refractivity contribution in [2.45, 2.75) is 34.2 Å². The van der Waals surface area contributed by atoms with E-state index in [2.05, 4.69) is 10.1 Å². The summed E-state index contributed by atoms with van der Waals surface area (Å²) < 4.78 is 8.25.